The Hall–Kier alpha value is -6.88. The van der Waals surface area contributed by atoms with Crippen LogP contribution in [-0.2, 0) is 65.4 Å². The van der Waals surface area contributed by atoms with Crippen LogP contribution in [0.25, 0.3) is 0 Å². The summed E-state index contributed by atoms with van der Waals surface area (Å²) in [5.74, 6) is -2.50. The molecule has 0 aromatic rings. The van der Waals surface area contributed by atoms with Gasteiger partial charge in [0.1, 0.15) is 19.3 Å². The van der Waals surface area contributed by atoms with Crippen LogP contribution in [0.1, 0.15) is 285 Å². The molecule has 0 saturated heterocycles. The third kappa shape index (κ3) is 83.1. The van der Waals surface area contributed by atoms with Crippen LogP contribution >= 0.6 is 15.6 Å². The molecule has 2 unspecified atom stereocenters. The van der Waals surface area contributed by atoms with E-state index >= 15 is 0 Å². The van der Waals surface area contributed by atoms with Crippen molar-refractivity contribution in [1.82, 2.24) is 0 Å². The second-order valence-corrected chi connectivity index (χ2v) is 30.2. The molecule has 0 heterocycles. The molecular weight excluding hydrogens is 1470 g/mol. The Morgan fingerprint density at radius 1 is 0.254 bits per heavy atom. The zero-order chi connectivity index (χ0) is 83.1. The van der Waals surface area contributed by atoms with Crippen molar-refractivity contribution in [2.24, 2.45) is 0 Å². The molecule has 0 aromatic carbocycles. The fourth-order valence-electron chi connectivity index (χ4n) is 10.1. The Labute approximate surface area is 689 Å². The van der Waals surface area contributed by atoms with Gasteiger partial charge >= 0.3 is 39.5 Å². The molecule has 0 aliphatic heterocycles. The minimum absolute atomic E-state index is 0.0106. The predicted octanol–water partition coefficient (Wildman–Crippen LogP) is 25.8. The standard InChI is InChI=1S/C95H148O17P2/c1-5-9-13-17-21-25-29-33-37-41-44-48-52-56-60-64-68-72-76-80-93(98)106-86-91(112-95(100)82-78-74-70-66-62-58-54-50-46-43-39-35-31-27-23-19-15-11-7-3)88-110-114(103,104)108-84-89(96)83-107-113(101,102)109-87-90(85-105-92(97)79-75-71-67-63-59-55-51-47-40-36-32-28-24-20-16-12-8-4)111-94(99)81-77-73-69-65-61-57-53-49-45-42-38-34-30-26-22-18-14-10-6-2/h10,14,21-28,33-40,44-46,48-51,55-58,60-63,67-68,70,72,74,89-91,96H,5-9,11-13,15-20,29-32,41-43,47,52-54,59,64-66,69,71,73,75-88H2,1-4H3,(H,101,102)(H,103,104)/b14-10-,25-21-,26-22-,27-23-,28-24-,37-33-,38-34-,39-35-,40-36-,48-44-,49-45-,50-46-,55-51-,60-56-,61-57-,62-58-,67-63-,72-68-,74-70-/t89-,90+,91+/m0/s1. The van der Waals surface area contributed by atoms with Gasteiger partial charge in [-0.3, -0.25) is 37.3 Å². The highest BCUT2D eigenvalue weighted by Gasteiger charge is 2.30. The highest BCUT2D eigenvalue weighted by atomic mass is 31.2. The molecule has 0 amide bonds. The van der Waals surface area contributed by atoms with Crippen molar-refractivity contribution >= 4 is 39.5 Å². The molecule has 0 aliphatic rings. The van der Waals surface area contributed by atoms with Crippen molar-refractivity contribution in [3.05, 3.63) is 231 Å². The first-order valence-electron chi connectivity index (χ1n) is 42.6. The van der Waals surface area contributed by atoms with Gasteiger partial charge in [-0.1, -0.05) is 304 Å². The Morgan fingerprint density at radius 2 is 0.482 bits per heavy atom. The van der Waals surface area contributed by atoms with Crippen molar-refractivity contribution in [2.75, 3.05) is 39.6 Å². The molecule has 114 heavy (non-hydrogen) atoms. The fraction of sp³-hybridized carbons (Fsp3) is 0.558. The summed E-state index contributed by atoms with van der Waals surface area (Å²) in [4.78, 5) is 73.2. The molecule has 0 rings (SSSR count). The van der Waals surface area contributed by atoms with Gasteiger partial charge in [0.25, 0.3) is 0 Å². The average Bonchev–Trinajstić information content (AvgIpc) is 0.904. The molecule has 0 saturated carbocycles. The zero-order valence-electron chi connectivity index (χ0n) is 70.1. The molecule has 640 valence electrons. The normalized spacial score (nSPS) is 14.9. The number of hydrogen-bond acceptors (Lipinski definition) is 15. The number of ether oxygens (including phenoxy) is 4. The van der Waals surface area contributed by atoms with E-state index in [-0.39, 0.29) is 25.7 Å². The molecule has 0 radical (unpaired) electrons. The van der Waals surface area contributed by atoms with Crippen LogP contribution in [0.3, 0.4) is 0 Å². The van der Waals surface area contributed by atoms with E-state index in [4.69, 9.17) is 37.0 Å². The molecular formula is C95H148O17P2. The Morgan fingerprint density at radius 3 is 0.781 bits per heavy atom. The van der Waals surface area contributed by atoms with E-state index in [1.54, 1.807) is 0 Å². The van der Waals surface area contributed by atoms with Crippen molar-refractivity contribution < 1.29 is 80.2 Å². The molecule has 0 fully saturated rings. The number of allylic oxidation sites excluding steroid dienone is 38. The van der Waals surface area contributed by atoms with Gasteiger partial charge in [0, 0.05) is 25.7 Å². The lowest BCUT2D eigenvalue weighted by Crippen LogP contribution is -2.30. The molecule has 3 N–H and O–H groups in total. The Kier molecular flexibility index (Phi) is 79.0. The first-order chi connectivity index (χ1) is 55.7. The lowest BCUT2D eigenvalue weighted by Gasteiger charge is -2.21. The maximum absolute atomic E-state index is 13.1. The van der Waals surface area contributed by atoms with Gasteiger partial charge in [0.15, 0.2) is 12.2 Å². The highest BCUT2D eigenvalue weighted by molar-refractivity contribution is 7.47. The molecule has 0 bridgehead atoms. The van der Waals surface area contributed by atoms with E-state index in [0.717, 1.165) is 128 Å². The molecule has 19 heteroatoms. The molecule has 0 spiro atoms. The van der Waals surface area contributed by atoms with Crippen LogP contribution in [0.2, 0.25) is 0 Å². The van der Waals surface area contributed by atoms with Crippen molar-refractivity contribution in [1.29, 1.82) is 0 Å². The predicted molar refractivity (Wildman–Crippen MR) is 472 cm³/mol. The topological polar surface area (TPSA) is 237 Å². The lowest BCUT2D eigenvalue weighted by atomic mass is 10.1. The lowest BCUT2D eigenvalue weighted by molar-refractivity contribution is -0.161. The van der Waals surface area contributed by atoms with Crippen LogP contribution in [0, 0.1) is 0 Å². The quantitative estimate of drug-likeness (QED) is 0.0169. The van der Waals surface area contributed by atoms with Gasteiger partial charge in [-0.05, 0) is 186 Å². The number of carbonyl (C=O) groups excluding carboxylic acids is 4. The van der Waals surface area contributed by atoms with E-state index in [0.29, 0.717) is 44.9 Å². The van der Waals surface area contributed by atoms with E-state index in [2.05, 4.69) is 210 Å². The summed E-state index contributed by atoms with van der Waals surface area (Å²) >= 11 is 0. The van der Waals surface area contributed by atoms with Gasteiger partial charge in [-0.2, -0.15) is 0 Å². The summed E-state index contributed by atoms with van der Waals surface area (Å²) in [5, 5.41) is 10.7. The number of unbranched alkanes of at least 4 members (excludes halogenated alkanes) is 13. The van der Waals surface area contributed by atoms with Gasteiger partial charge in [0.2, 0.25) is 0 Å². The van der Waals surface area contributed by atoms with E-state index in [9.17, 15) is 43.2 Å². The summed E-state index contributed by atoms with van der Waals surface area (Å²) < 4.78 is 68.5. The van der Waals surface area contributed by atoms with E-state index in [1.807, 2.05) is 48.6 Å². The first-order valence-corrected chi connectivity index (χ1v) is 45.6. The summed E-state index contributed by atoms with van der Waals surface area (Å²) in [6, 6.07) is 0. The second kappa shape index (κ2) is 84.0. The third-order valence-electron chi connectivity index (χ3n) is 16.6. The van der Waals surface area contributed by atoms with Crippen molar-refractivity contribution in [2.45, 2.75) is 303 Å². The number of esters is 4. The second-order valence-electron chi connectivity index (χ2n) is 27.3. The van der Waals surface area contributed by atoms with E-state index < -0.39 is 97.5 Å². The average molecular weight is 1620 g/mol. The third-order valence-corrected chi connectivity index (χ3v) is 18.5. The van der Waals surface area contributed by atoms with Crippen LogP contribution < -0.4 is 0 Å². The molecule has 17 nitrogen and oxygen atoms in total. The van der Waals surface area contributed by atoms with Crippen LogP contribution in [0.5, 0.6) is 0 Å². The summed E-state index contributed by atoms with van der Waals surface area (Å²) in [7, 11) is -10.1. The van der Waals surface area contributed by atoms with Crippen LogP contribution in [-0.4, -0.2) is 96.7 Å². The van der Waals surface area contributed by atoms with Crippen LogP contribution in [0.15, 0.2) is 231 Å². The fourth-order valence-corrected chi connectivity index (χ4v) is 11.7. The zero-order valence-corrected chi connectivity index (χ0v) is 71.9. The van der Waals surface area contributed by atoms with Gasteiger partial charge in [-0.15, -0.1) is 0 Å². The number of carbonyl (C=O) groups is 4. The first kappa shape index (κ1) is 107. The summed E-state index contributed by atoms with van der Waals surface area (Å²) in [6.07, 6.45) is 109. The number of aliphatic hydroxyl groups excluding tert-OH is 1. The number of rotatable bonds is 77. The Bertz CT molecular complexity index is 3070. The summed E-state index contributed by atoms with van der Waals surface area (Å²) in [5.41, 5.74) is 0. The minimum Gasteiger partial charge on any atom is -0.462 e. The number of phosphoric acid groups is 2. The smallest absolute Gasteiger partial charge is 0.462 e. The SMILES string of the molecule is CC/C=C\C/C=C\C/C=C\C/C=C\C/C=C\CCCCCC(=O)O[C@H](COC(=O)CCC/C=C\C/C=C\C/C=C\C/C=C\CCCCC)COP(=O)(O)OC[C@H](O)COP(=O)(O)OC[C@@H](COC(=O)CC/C=C\C/C=C\C/C=C\C/C=C\C/C=C\CCCCC)OC(=O)CC/C=C\C/C=C\C/C=C\C/C=C\C/C=C\CCCCC. The number of phosphoric ester groups is 2. The largest absolute Gasteiger partial charge is 0.472 e. The minimum atomic E-state index is -5.04. The molecule has 0 aliphatic carbocycles. The summed E-state index contributed by atoms with van der Waals surface area (Å²) in [6.45, 7) is 4.37. The number of hydrogen-bond donors (Lipinski definition) is 3. The van der Waals surface area contributed by atoms with Crippen molar-refractivity contribution in [3.8, 4) is 0 Å². The maximum atomic E-state index is 13.1. The highest BCUT2D eigenvalue weighted by Crippen LogP contribution is 2.45. The Balaban J connectivity index is 5.64. The van der Waals surface area contributed by atoms with E-state index in [1.165, 1.54) is 57.8 Å². The van der Waals surface area contributed by atoms with Crippen molar-refractivity contribution in [3.63, 3.8) is 0 Å². The molecule has 0 aromatic heterocycles. The van der Waals surface area contributed by atoms with Crippen LogP contribution in [0.4, 0.5) is 0 Å². The van der Waals surface area contributed by atoms with Gasteiger partial charge in [0.05, 0.1) is 26.4 Å². The molecule has 5 atom stereocenters. The number of aliphatic hydroxyl groups is 1. The van der Waals surface area contributed by atoms with Gasteiger partial charge in [-0.25, -0.2) is 9.13 Å². The monoisotopic (exact) mass is 1620 g/mol. The maximum Gasteiger partial charge on any atom is 0.472 e. The van der Waals surface area contributed by atoms with Gasteiger partial charge < -0.3 is 33.8 Å².